The quantitative estimate of drug-likeness (QED) is 0.492. The summed E-state index contributed by atoms with van der Waals surface area (Å²) in [5.74, 6) is 2.86. The van der Waals surface area contributed by atoms with E-state index in [4.69, 9.17) is 4.74 Å². The SMILES string of the molecule is CCC(=O)N1CCC(CCN2CCC(Cc3cc(OC(C)C)ccc3Br)CC2)CC1. The van der Waals surface area contributed by atoms with Crippen LogP contribution in [0.3, 0.4) is 0 Å². The Morgan fingerprint density at radius 3 is 2.40 bits per heavy atom. The first kappa shape index (κ1) is 23.6. The molecule has 0 radical (unpaired) electrons. The Labute approximate surface area is 191 Å². The molecule has 5 heteroatoms. The zero-order valence-electron chi connectivity index (χ0n) is 19.0. The maximum Gasteiger partial charge on any atom is 0.222 e. The normalized spacial score (nSPS) is 19.4. The van der Waals surface area contributed by atoms with Gasteiger partial charge in [0.1, 0.15) is 5.75 Å². The summed E-state index contributed by atoms with van der Waals surface area (Å²) in [7, 11) is 0. The minimum Gasteiger partial charge on any atom is -0.491 e. The number of hydrogen-bond acceptors (Lipinski definition) is 3. The van der Waals surface area contributed by atoms with Gasteiger partial charge in [-0.1, -0.05) is 22.9 Å². The number of piperidine rings is 2. The molecule has 0 aromatic heterocycles. The molecular formula is C25H39BrN2O2. The summed E-state index contributed by atoms with van der Waals surface area (Å²) in [6.45, 7) is 11.7. The molecule has 2 heterocycles. The fourth-order valence-electron chi connectivity index (χ4n) is 4.84. The summed E-state index contributed by atoms with van der Waals surface area (Å²) < 4.78 is 7.08. The predicted octanol–water partition coefficient (Wildman–Crippen LogP) is 5.53. The smallest absolute Gasteiger partial charge is 0.222 e. The van der Waals surface area contributed by atoms with Crippen LogP contribution < -0.4 is 4.74 Å². The van der Waals surface area contributed by atoms with Crippen molar-refractivity contribution in [3.63, 3.8) is 0 Å². The third kappa shape index (κ3) is 6.98. The van der Waals surface area contributed by atoms with E-state index < -0.39 is 0 Å². The highest BCUT2D eigenvalue weighted by Crippen LogP contribution is 2.30. The Morgan fingerprint density at radius 2 is 1.77 bits per heavy atom. The van der Waals surface area contributed by atoms with Gasteiger partial charge in [0.2, 0.25) is 5.91 Å². The van der Waals surface area contributed by atoms with Gasteiger partial charge in [-0.25, -0.2) is 0 Å². The topological polar surface area (TPSA) is 32.8 Å². The maximum atomic E-state index is 11.8. The van der Waals surface area contributed by atoms with Gasteiger partial charge in [0, 0.05) is 24.0 Å². The van der Waals surface area contributed by atoms with Gasteiger partial charge in [-0.15, -0.1) is 0 Å². The average Bonchev–Trinajstić information content (AvgIpc) is 2.75. The second kappa shape index (κ2) is 11.5. The molecule has 30 heavy (non-hydrogen) atoms. The summed E-state index contributed by atoms with van der Waals surface area (Å²) in [5.41, 5.74) is 1.37. The van der Waals surface area contributed by atoms with E-state index in [0.717, 1.165) is 37.1 Å². The van der Waals surface area contributed by atoms with Gasteiger partial charge < -0.3 is 14.5 Å². The molecule has 4 nitrogen and oxygen atoms in total. The van der Waals surface area contributed by atoms with Gasteiger partial charge in [-0.2, -0.15) is 0 Å². The molecule has 2 aliphatic heterocycles. The number of nitrogens with zero attached hydrogens (tertiary/aromatic N) is 2. The first-order valence-corrected chi connectivity index (χ1v) is 12.7. The van der Waals surface area contributed by atoms with E-state index in [1.165, 1.54) is 61.8 Å². The minimum atomic E-state index is 0.210. The zero-order chi connectivity index (χ0) is 21.5. The molecule has 2 saturated heterocycles. The van der Waals surface area contributed by atoms with Gasteiger partial charge in [0.25, 0.3) is 0 Å². The summed E-state index contributed by atoms with van der Waals surface area (Å²) >= 11 is 3.73. The van der Waals surface area contributed by atoms with E-state index in [1.807, 2.05) is 6.92 Å². The van der Waals surface area contributed by atoms with Gasteiger partial charge >= 0.3 is 0 Å². The molecule has 2 fully saturated rings. The number of hydrogen-bond donors (Lipinski definition) is 0. The lowest BCUT2D eigenvalue weighted by Crippen LogP contribution is -2.40. The highest BCUT2D eigenvalue weighted by atomic mass is 79.9. The Hall–Kier alpha value is -1.07. The maximum absolute atomic E-state index is 11.8. The number of benzene rings is 1. The summed E-state index contributed by atoms with van der Waals surface area (Å²) in [6, 6.07) is 6.40. The molecule has 0 saturated carbocycles. The molecule has 0 bridgehead atoms. The van der Waals surface area contributed by atoms with Crippen LogP contribution >= 0.6 is 15.9 Å². The van der Waals surface area contributed by atoms with Crippen LogP contribution in [0.2, 0.25) is 0 Å². The second-order valence-electron chi connectivity index (χ2n) is 9.38. The molecule has 3 rings (SSSR count). The molecular weight excluding hydrogens is 440 g/mol. The monoisotopic (exact) mass is 478 g/mol. The fraction of sp³-hybridized carbons (Fsp3) is 0.720. The van der Waals surface area contributed by atoms with Crippen LogP contribution in [0.4, 0.5) is 0 Å². The third-order valence-electron chi connectivity index (χ3n) is 6.73. The van der Waals surface area contributed by atoms with Gasteiger partial charge in [0.15, 0.2) is 0 Å². The van der Waals surface area contributed by atoms with Crippen LogP contribution in [-0.4, -0.2) is 54.5 Å². The Kier molecular flexibility index (Phi) is 9.06. The number of carbonyl (C=O) groups excluding carboxylic acids is 1. The van der Waals surface area contributed by atoms with Crippen LogP contribution in [0, 0.1) is 11.8 Å². The lowest BCUT2D eigenvalue weighted by Gasteiger charge is -2.35. The number of likely N-dealkylation sites (tertiary alicyclic amines) is 2. The highest BCUT2D eigenvalue weighted by Gasteiger charge is 2.24. The van der Waals surface area contributed by atoms with Crippen molar-refractivity contribution >= 4 is 21.8 Å². The van der Waals surface area contributed by atoms with Crippen LogP contribution in [0.1, 0.15) is 64.9 Å². The number of ether oxygens (including phenoxy) is 1. The van der Waals surface area contributed by atoms with Crippen molar-refractivity contribution in [1.82, 2.24) is 9.80 Å². The van der Waals surface area contributed by atoms with Crippen molar-refractivity contribution in [2.45, 2.75) is 71.8 Å². The predicted molar refractivity (Wildman–Crippen MR) is 127 cm³/mol. The van der Waals surface area contributed by atoms with E-state index in [0.29, 0.717) is 12.3 Å². The van der Waals surface area contributed by atoms with Crippen molar-refractivity contribution < 1.29 is 9.53 Å². The first-order chi connectivity index (χ1) is 14.4. The largest absolute Gasteiger partial charge is 0.491 e. The standard InChI is InChI=1S/C25H39BrN2O2/c1-4-25(29)28-15-10-20(11-16-28)7-12-27-13-8-21(9-14-27)17-22-18-23(30-19(2)3)5-6-24(22)26/h5-6,18-21H,4,7-17H2,1-3H3. The first-order valence-electron chi connectivity index (χ1n) is 11.9. The van der Waals surface area contributed by atoms with E-state index in [9.17, 15) is 4.79 Å². The molecule has 2 aliphatic rings. The molecule has 0 spiro atoms. The van der Waals surface area contributed by atoms with Crippen molar-refractivity contribution in [2.75, 3.05) is 32.7 Å². The molecule has 0 N–H and O–H groups in total. The second-order valence-corrected chi connectivity index (χ2v) is 10.2. The van der Waals surface area contributed by atoms with E-state index >= 15 is 0 Å². The van der Waals surface area contributed by atoms with E-state index in [2.05, 4.69) is 57.8 Å². The average molecular weight is 480 g/mol. The Balaban J connectivity index is 1.38. The summed E-state index contributed by atoms with van der Waals surface area (Å²) in [4.78, 5) is 16.6. The lowest BCUT2D eigenvalue weighted by molar-refractivity contribution is -0.132. The molecule has 1 aromatic rings. The zero-order valence-corrected chi connectivity index (χ0v) is 20.6. The summed E-state index contributed by atoms with van der Waals surface area (Å²) in [6.07, 6.45) is 8.21. The molecule has 1 aromatic carbocycles. The van der Waals surface area contributed by atoms with Gasteiger partial charge in [0.05, 0.1) is 6.10 Å². The molecule has 168 valence electrons. The van der Waals surface area contributed by atoms with Crippen LogP contribution in [0.25, 0.3) is 0 Å². The van der Waals surface area contributed by atoms with Crippen molar-refractivity contribution in [3.8, 4) is 5.75 Å². The lowest BCUT2D eigenvalue weighted by atomic mass is 9.89. The molecule has 0 aliphatic carbocycles. The third-order valence-corrected chi connectivity index (χ3v) is 7.50. The Morgan fingerprint density at radius 1 is 1.10 bits per heavy atom. The van der Waals surface area contributed by atoms with Crippen LogP contribution in [0.5, 0.6) is 5.75 Å². The van der Waals surface area contributed by atoms with E-state index in [1.54, 1.807) is 0 Å². The fourth-order valence-corrected chi connectivity index (χ4v) is 5.25. The molecule has 0 atom stereocenters. The highest BCUT2D eigenvalue weighted by molar-refractivity contribution is 9.10. The number of rotatable bonds is 8. The van der Waals surface area contributed by atoms with Crippen molar-refractivity contribution in [1.29, 1.82) is 0 Å². The van der Waals surface area contributed by atoms with Crippen molar-refractivity contribution in [3.05, 3.63) is 28.2 Å². The van der Waals surface area contributed by atoms with E-state index in [-0.39, 0.29) is 6.10 Å². The van der Waals surface area contributed by atoms with Crippen LogP contribution in [0.15, 0.2) is 22.7 Å². The molecule has 0 unspecified atom stereocenters. The molecule has 1 amide bonds. The van der Waals surface area contributed by atoms with Gasteiger partial charge in [-0.3, -0.25) is 4.79 Å². The van der Waals surface area contributed by atoms with Crippen LogP contribution in [-0.2, 0) is 11.2 Å². The Bertz CT molecular complexity index is 678. The number of amides is 1. The number of halogens is 1. The van der Waals surface area contributed by atoms with Gasteiger partial charge in [-0.05, 0) is 108 Å². The summed E-state index contributed by atoms with van der Waals surface area (Å²) in [5, 5.41) is 0. The minimum absolute atomic E-state index is 0.210. The number of carbonyl (C=O) groups is 1. The van der Waals surface area contributed by atoms with Crippen molar-refractivity contribution in [2.24, 2.45) is 11.8 Å².